The molecule has 0 aliphatic carbocycles. The molecule has 1 fully saturated rings. The van der Waals surface area contributed by atoms with Crippen molar-refractivity contribution in [2.24, 2.45) is 0 Å². The Kier molecular flexibility index (Phi) is 8.86. The van der Waals surface area contributed by atoms with Crippen molar-refractivity contribution in [1.29, 1.82) is 0 Å². The van der Waals surface area contributed by atoms with Crippen LogP contribution in [0.3, 0.4) is 0 Å². The van der Waals surface area contributed by atoms with Crippen LogP contribution in [-0.2, 0) is 4.79 Å². The average Bonchev–Trinajstić information content (AvgIpc) is 2.50. The lowest BCUT2D eigenvalue weighted by molar-refractivity contribution is -0.131. The van der Waals surface area contributed by atoms with E-state index in [0.29, 0.717) is 12.6 Å². The molecule has 20 heavy (non-hydrogen) atoms. The fourth-order valence-corrected chi connectivity index (χ4v) is 2.78. The number of nitrogens with zero attached hydrogens (tertiary/aromatic N) is 2. The highest BCUT2D eigenvalue weighted by molar-refractivity contribution is 5.78. The summed E-state index contributed by atoms with van der Waals surface area (Å²) in [6.07, 6.45) is 5.97. The van der Waals surface area contributed by atoms with E-state index in [9.17, 15) is 4.79 Å². The summed E-state index contributed by atoms with van der Waals surface area (Å²) in [4.78, 5) is 16.5. The SMILES string of the molecule is CCN(CC)CCCC(C)NCC(=O)N1CCCCC1. The molecule has 0 bridgehead atoms. The minimum Gasteiger partial charge on any atom is -0.342 e. The number of hydrogen-bond donors (Lipinski definition) is 1. The van der Waals surface area contributed by atoms with E-state index in [1.54, 1.807) is 0 Å². The molecule has 1 aliphatic heterocycles. The topological polar surface area (TPSA) is 35.6 Å². The lowest BCUT2D eigenvalue weighted by Crippen LogP contribution is -2.43. The van der Waals surface area contributed by atoms with Crippen molar-refractivity contribution in [2.75, 3.05) is 39.3 Å². The molecule has 4 nitrogen and oxygen atoms in total. The van der Waals surface area contributed by atoms with Gasteiger partial charge >= 0.3 is 0 Å². The second-order valence-corrected chi connectivity index (χ2v) is 5.89. The molecule has 0 radical (unpaired) electrons. The van der Waals surface area contributed by atoms with Gasteiger partial charge in [0.1, 0.15) is 0 Å². The van der Waals surface area contributed by atoms with Crippen molar-refractivity contribution in [1.82, 2.24) is 15.1 Å². The first-order valence-electron chi connectivity index (χ1n) is 8.40. The molecule has 1 N–H and O–H groups in total. The lowest BCUT2D eigenvalue weighted by Gasteiger charge is -2.27. The lowest BCUT2D eigenvalue weighted by atomic mass is 10.1. The molecule has 0 aromatic carbocycles. The van der Waals surface area contributed by atoms with E-state index in [-0.39, 0.29) is 5.91 Å². The quantitative estimate of drug-likeness (QED) is 0.704. The van der Waals surface area contributed by atoms with Crippen molar-refractivity contribution in [3.05, 3.63) is 0 Å². The van der Waals surface area contributed by atoms with Crippen molar-refractivity contribution in [3.8, 4) is 0 Å². The molecule has 1 saturated heterocycles. The zero-order valence-corrected chi connectivity index (χ0v) is 13.7. The van der Waals surface area contributed by atoms with Gasteiger partial charge in [-0.1, -0.05) is 13.8 Å². The molecule has 0 aromatic heterocycles. The van der Waals surface area contributed by atoms with E-state index >= 15 is 0 Å². The zero-order valence-electron chi connectivity index (χ0n) is 13.7. The molecule has 1 rings (SSSR count). The minimum absolute atomic E-state index is 0.278. The average molecular weight is 283 g/mol. The van der Waals surface area contributed by atoms with Gasteiger partial charge in [-0.25, -0.2) is 0 Å². The standard InChI is InChI=1S/C16H33N3O/c1-4-18(5-2)11-9-10-15(3)17-14-16(20)19-12-7-6-8-13-19/h15,17H,4-14H2,1-3H3. The van der Waals surface area contributed by atoms with Crippen LogP contribution >= 0.6 is 0 Å². The smallest absolute Gasteiger partial charge is 0.236 e. The number of piperidine rings is 1. The van der Waals surface area contributed by atoms with Crippen LogP contribution < -0.4 is 5.32 Å². The van der Waals surface area contributed by atoms with Crippen LogP contribution in [0.25, 0.3) is 0 Å². The summed E-state index contributed by atoms with van der Waals surface area (Å²) in [5, 5.41) is 3.38. The van der Waals surface area contributed by atoms with Crippen LogP contribution in [0.4, 0.5) is 0 Å². The number of amides is 1. The third-order valence-electron chi connectivity index (χ3n) is 4.32. The molecule has 1 unspecified atom stereocenters. The summed E-state index contributed by atoms with van der Waals surface area (Å²) >= 11 is 0. The van der Waals surface area contributed by atoms with Gasteiger partial charge < -0.3 is 15.1 Å². The highest BCUT2D eigenvalue weighted by Crippen LogP contribution is 2.08. The first-order chi connectivity index (χ1) is 9.67. The summed E-state index contributed by atoms with van der Waals surface area (Å²) < 4.78 is 0. The zero-order chi connectivity index (χ0) is 14.8. The molecule has 118 valence electrons. The Morgan fingerprint density at radius 1 is 1.20 bits per heavy atom. The Hall–Kier alpha value is -0.610. The third-order valence-corrected chi connectivity index (χ3v) is 4.32. The van der Waals surface area contributed by atoms with Crippen molar-refractivity contribution >= 4 is 5.91 Å². The first kappa shape index (κ1) is 17.4. The Morgan fingerprint density at radius 2 is 1.85 bits per heavy atom. The Bertz CT molecular complexity index is 260. The molecule has 0 saturated carbocycles. The van der Waals surface area contributed by atoms with Crippen LogP contribution in [0.2, 0.25) is 0 Å². The minimum atomic E-state index is 0.278. The van der Waals surface area contributed by atoms with Crippen molar-refractivity contribution in [3.63, 3.8) is 0 Å². The van der Waals surface area contributed by atoms with Gasteiger partial charge in [0.05, 0.1) is 6.54 Å². The van der Waals surface area contributed by atoms with Gasteiger partial charge in [0.25, 0.3) is 0 Å². The maximum Gasteiger partial charge on any atom is 0.236 e. The van der Waals surface area contributed by atoms with E-state index in [4.69, 9.17) is 0 Å². The largest absolute Gasteiger partial charge is 0.342 e. The maximum absolute atomic E-state index is 12.0. The van der Waals surface area contributed by atoms with Gasteiger partial charge in [-0.05, 0) is 58.7 Å². The number of carbonyl (C=O) groups excluding carboxylic acids is 1. The molecule has 0 aromatic rings. The fourth-order valence-electron chi connectivity index (χ4n) is 2.78. The van der Waals surface area contributed by atoms with E-state index in [2.05, 4.69) is 31.0 Å². The van der Waals surface area contributed by atoms with Gasteiger partial charge in [0.15, 0.2) is 0 Å². The predicted octanol–water partition coefficient (Wildman–Crippen LogP) is 2.10. The van der Waals surface area contributed by atoms with Crippen LogP contribution in [-0.4, -0.2) is 61.0 Å². The molecule has 0 spiro atoms. The summed E-state index contributed by atoms with van der Waals surface area (Å²) in [5.74, 6) is 0.278. The fraction of sp³-hybridized carbons (Fsp3) is 0.938. The van der Waals surface area contributed by atoms with E-state index in [0.717, 1.165) is 32.6 Å². The molecule has 1 amide bonds. The molecule has 1 heterocycles. The van der Waals surface area contributed by atoms with Crippen LogP contribution in [0, 0.1) is 0 Å². The number of nitrogens with one attached hydrogen (secondary N) is 1. The second-order valence-electron chi connectivity index (χ2n) is 5.89. The highest BCUT2D eigenvalue weighted by atomic mass is 16.2. The molecule has 4 heteroatoms. The number of rotatable bonds is 9. The van der Waals surface area contributed by atoms with Gasteiger partial charge in [0, 0.05) is 19.1 Å². The van der Waals surface area contributed by atoms with Gasteiger partial charge in [-0.3, -0.25) is 4.79 Å². The van der Waals surface area contributed by atoms with Crippen LogP contribution in [0.15, 0.2) is 0 Å². The summed E-state index contributed by atoms with van der Waals surface area (Å²) in [6, 6.07) is 0.430. The first-order valence-corrected chi connectivity index (χ1v) is 8.40. The van der Waals surface area contributed by atoms with Crippen LogP contribution in [0.1, 0.15) is 52.9 Å². The Labute approximate surface area is 124 Å². The van der Waals surface area contributed by atoms with Crippen molar-refractivity contribution < 1.29 is 4.79 Å². The Balaban J connectivity index is 2.09. The monoisotopic (exact) mass is 283 g/mol. The summed E-state index contributed by atoms with van der Waals surface area (Å²) in [5.41, 5.74) is 0. The number of carbonyl (C=O) groups is 1. The molecular weight excluding hydrogens is 250 g/mol. The van der Waals surface area contributed by atoms with E-state index in [1.807, 2.05) is 4.90 Å². The van der Waals surface area contributed by atoms with E-state index < -0.39 is 0 Å². The predicted molar refractivity (Wildman–Crippen MR) is 84.9 cm³/mol. The second kappa shape index (κ2) is 10.2. The van der Waals surface area contributed by atoms with Gasteiger partial charge in [-0.15, -0.1) is 0 Å². The highest BCUT2D eigenvalue weighted by Gasteiger charge is 2.16. The Morgan fingerprint density at radius 3 is 2.45 bits per heavy atom. The molecular formula is C16H33N3O. The van der Waals surface area contributed by atoms with Gasteiger partial charge in [-0.2, -0.15) is 0 Å². The van der Waals surface area contributed by atoms with Crippen LogP contribution in [0.5, 0.6) is 0 Å². The van der Waals surface area contributed by atoms with Crippen molar-refractivity contribution in [2.45, 2.75) is 58.9 Å². The normalized spacial score (nSPS) is 17.5. The van der Waals surface area contributed by atoms with E-state index in [1.165, 1.54) is 32.2 Å². The summed E-state index contributed by atoms with van der Waals surface area (Å²) in [7, 11) is 0. The third kappa shape index (κ3) is 6.71. The molecule has 1 atom stereocenters. The number of hydrogen-bond acceptors (Lipinski definition) is 3. The van der Waals surface area contributed by atoms with Gasteiger partial charge in [0.2, 0.25) is 5.91 Å². The number of likely N-dealkylation sites (tertiary alicyclic amines) is 1. The molecule has 1 aliphatic rings. The summed E-state index contributed by atoms with van der Waals surface area (Å²) in [6.45, 7) is 12.5. The maximum atomic E-state index is 12.0.